The summed E-state index contributed by atoms with van der Waals surface area (Å²) >= 11 is 0. The maximum Gasteiger partial charge on any atom is 0.252 e. The van der Waals surface area contributed by atoms with Crippen LogP contribution in [0.2, 0.25) is 18.1 Å². The fourth-order valence-corrected chi connectivity index (χ4v) is 5.22. The molecule has 0 aliphatic heterocycles. The Labute approximate surface area is 181 Å². The molecule has 2 aromatic carbocycles. The zero-order valence-corrected chi connectivity index (χ0v) is 20.2. The molecule has 4 rings (SSSR count). The SMILES string of the molecule is C[C@@H](c1cccc2ccccc12)n1c(O[Si](C)(C)C(C)(C)C)ccc1C1(O)CCC1. The predicted octanol–water partition coefficient (Wildman–Crippen LogP) is 7.01. The molecule has 30 heavy (non-hydrogen) atoms. The Morgan fingerprint density at radius 2 is 1.67 bits per heavy atom. The molecule has 0 amide bonds. The van der Waals surface area contributed by atoms with Crippen LogP contribution in [0.3, 0.4) is 0 Å². The minimum atomic E-state index is -2.02. The molecule has 3 nitrogen and oxygen atoms in total. The summed E-state index contributed by atoms with van der Waals surface area (Å²) < 4.78 is 9.05. The van der Waals surface area contributed by atoms with Gasteiger partial charge in [0.15, 0.2) is 5.88 Å². The van der Waals surface area contributed by atoms with E-state index >= 15 is 0 Å². The Bertz CT molecular complexity index is 1050. The van der Waals surface area contributed by atoms with E-state index in [-0.39, 0.29) is 11.1 Å². The minimum Gasteiger partial charge on any atom is -0.532 e. The molecule has 0 spiro atoms. The summed E-state index contributed by atoms with van der Waals surface area (Å²) in [7, 11) is -2.02. The van der Waals surface area contributed by atoms with Crippen LogP contribution in [0.5, 0.6) is 5.88 Å². The van der Waals surface area contributed by atoms with E-state index in [9.17, 15) is 5.11 Å². The number of aliphatic hydroxyl groups is 1. The second kappa shape index (κ2) is 7.28. The van der Waals surface area contributed by atoms with Crippen molar-refractivity contribution < 1.29 is 9.53 Å². The summed E-state index contributed by atoms with van der Waals surface area (Å²) in [5.74, 6) is 0.886. The van der Waals surface area contributed by atoms with Gasteiger partial charge in [0.2, 0.25) is 0 Å². The Hall–Kier alpha value is -2.04. The van der Waals surface area contributed by atoms with Crippen molar-refractivity contribution in [2.45, 2.75) is 76.7 Å². The van der Waals surface area contributed by atoms with Crippen LogP contribution in [-0.2, 0) is 5.60 Å². The first kappa shape index (κ1) is 21.2. The fourth-order valence-electron chi connectivity index (χ4n) is 4.23. The Balaban J connectivity index is 1.85. The molecule has 1 aliphatic carbocycles. The summed E-state index contributed by atoms with van der Waals surface area (Å²) in [4.78, 5) is 0. The van der Waals surface area contributed by atoms with Crippen molar-refractivity contribution in [2.24, 2.45) is 0 Å². The molecule has 0 radical (unpaired) electrons. The van der Waals surface area contributed by atoms with Gasteiger partial charge < -0.3 is 14.1 Å². The minimum absolute atomic E-state index is 0.0606. The van der Waals surface area contributed by atoms with Crippen LogP contribution in [-0.4, -0.2) is 18.0 Å². The van der Waals surface area contributed by atoms with Crippen LogP contribution >= 0.6 is 0 Å². The number of benzene rings is 2. The van der Waals surface area contributed by atoms with Crippen molar-refractivity contribution in [1.82, 2.24) is 4.57 Å². The average molecular weight is 422 g/mol. The van der Waals surface area contributed by atoms with Gasteiger partial charge in [-0.3, -0.25) is 0 Å². The van der Waals surface area contributed by atoms with E-state index in [1.165, 1.54) is 16.3 Å². The van der Waals surface area contributed by atoms with Crippen LogP contribution in [0, 0.1) is 0 Å². The van der Waals surface area contributed by atoms with Crippen LogP contribution in [0.15, 0.2) is 54.6 Å². The molecule has 1 aromatic heterocycles. The molecule has 3 aromatic rings. The van der Waals surface area contributed by atoms with Crippen molar-refractivity contribution in [3.05, 3.63) is 65.9 Å². The third kappa shape index (κ3) is 3.50. The molecular formula is C26H35NO2Si. The molecule has 160 valence electrons. The summed E-state index contributed by atoms with van der Waals surface area (Å²) in [5, 5.41) is 13.9. The van der Waals surface area contributed by atoms with Crippen LogP contribution in [0.25, 0.3) is 10.8 Å². The zero-order chi connectivity index (χ0) is 21.7. The molecular weight excluding hydrogens is 386 g/mol. The number of fused-ring (bicyclic) bond motifs is 1. The smallest absolute Gasteiger partial charge is 0.252 e. The van der Waals surface area contributed by atoms with E-state index in [0.29, 0.717) is 0 Å². The Kier molecular flexibility index (Phi) is 5.14. The largest absolute Gasteiger partial charge is 0.532 e. The van der Waals surface area contributed by atoms with Gasteiger partial charge in [0.25, 0.3) is 8.32 Å². The molecule has 1 atom stereocenters. The second-order valence-electron chi connectivity index (χ2n) is 10.4. The number of nitrogens with zero attached hydrogens (tertiary/aromatic N) is 1. The van der Waals surface area contributed by atoms with Gasteiger partial charge in [0.1, 0.15) is 5.60 Å². The number of rotatable bonds is 5. The van der Waals surface area contributed by atoms with Gasteiger partial charge in [-0.05, 0) is 72.8 Å². The normalized spacial score (nSPS) is 17.6. The molecule has 1 heterocycles. The van der Waals surface area contributed by atoms with E-state index < -0.39 is 13.9 Å². The molecule has 0 saturated heterocycles. The van der Waals surface area contributed by atoms with E-state index in [1.54, 1.807) is 0 Å². The molecule has 4 heteroatoms. The first-order valence-electron chi connectivity index (χ1n) is 11.1. The number of hydrogen-bond acceptors (Lipinski definition) is 2. The van der Waals surface area contributed by atoms with Crippen LogP contribution in [0.4, 0.5) is 0 Å². The lowest BCUT2D eigenvalue weighted by Crippen LogP contribution is -2.44. The van der Waals surface area contributed by atoms with Crippen molar-refractivity contribution in [3.63, 3.8) is 0 Å². The molecule has 1 saturated carbocycles. The number of aromatic nitrogens is 1. The first-order valence-corrected chi connectivity index (χ1v) is 14.1. The lowest BCUT2D eigenvalue weighted by Gasteiger charge is -2.40. The van der Waals surface area contributed by atoms with Gasteiger partial charge in [-0.2, -0.15) is 0 Å². The predicted molar refractivity (Wildman–Crippen MR) is 128 cm³/mol. The Morgan fingerprint density at radius 3 is 2.30 bits per heavy atom. The second-order valence-corrected chi connectivity index (χ2v) is 15.1. The third-order valence-corrected chi connectivity index (χ3v) is 11.7. The maximum atomic E-state index is 11.3. The van der Waals surface area contributed by atoms with Crippen LogP contribution in [0.1, 0.15) is 64.3 Å². The highest BCUT2D eigenvalue weighted by Crippen LogP contribution is 2.46. The van der Waals surface area contributed by atoms with Gasteiger partial charge in [-0.25, -0.2) is 0 Å². The molecule has 0 unspecified atom stereocenters. The van der Waals surface area contributed by atoms with Crippen molar-refractivity contribution in [3.8, 4) is 5.88 Å². The summed E-state index contributed by atoms with van der Waals surface area (Å²) in [6, 6.07) is 19.3. The molecule has 1 fully saturated rings. The molecule has 1 N–H and O–H groups in total. The summed E-state index contributed by atoms with van der Waals surface area (Å²) in [6.45, 7) is 13.6. The molecule has 0 bridgehead atoms. The van der Waals surface area contributed by atoms with E-state index in [1.807, 2.05) is 0 Å². The lowest BCUT2D eigenvalue weighted by atomic mass is 9.77. The monoisotopic (exact) mass is 421 g/mol. The molecule has 1 aliphatic rings. The van der Waals surface area contributed by atoms with Gasteiger partial charge in [0.05, 0.1) is 11.7 Å². The third-order valence-electron chi connectivity index (χ3n) is 7.36. The lowest BCUT2D eigenvalue weighted by molar-refractivity contribution is -0.0462. The van der Waals surface area contributed by atoms with Gasteiger partial charge >= 0.3 is 0 Å². The van der Waals surface area contributed by atoms with Crippen molar-refractivity contribution in [1.29, 1.82) is 0 Å². The van der Waals surface area contributed by atoms with Gasteiger partial charge in [-0.1, -0.05) is 63.2 Å². The van der Waals surface area contributed by atoms with E-state index in [0.717, 1.165) is 30.8 Å². The maximum absolute atomic E-state index is 11.3. The highest BCUT2D eigenvalue weighted by Gasteiger charge is 2.43. The zero-order valence-electron chi connectivity index (χ0n) is 19.2. The average Bonchev–Trinajstić information content (AvgIpc) is 3.07. The number of hydrogen-bond donors (Lipinski definition) is 1. The van der Waals surface area contributed by atoms with E-state index in [4.69, 9.17) is 4.43 Å². The van der Waals surface area contributed by atoms with Crippen LogP contribution < -0.4 is 4.43 Å². The highest BCUT2D eigenvalue weighted by molar-refractivity contribution is 6.74. The first-order chi connectivity index (χ1) is 14.0. The van der Waals surface area contributed by atoms with Gasteiger partial charge in [-0.15, -0.1) is 0 Å². The topological polar surface area (TPSA) is 34.4 Å². The van der Waals surface area contributed by atoms with Gasteiger partial charge in [0, 0.05) is 0 Å². The van der Waals surface area contributed by atoms with E-state index in [2.05, 4.69) is 100.0 Å². The summed E-state index contributed by atoms with van der Waals surface area (Å²) in [6.07, 6.45) is 2.71. The summed E-state index contributed by atoms with van der Waals surface area (Å²) in [5.41, 5.74) is 1.50. The van der Waals surface area contributed by atoms with Crippen molar-refractivity contribution in [2.75, 3.05) is 0 Å². The van der Waals surface area contributed by atoms with Crippen molar-refractivity contribution >= 4 is 19.1 Å². The standard InChI is InChI=1S/C26H35NO2Si/c1-19(21-14-9-12-20-11-7-8-13-22(20)21)27-23(26(28)17-10-18-26)15-16-24(27)29-30(5,6)25(2,3)4/h7-9,11-16,19,28H,10,17-18H2,1-6H3/t19-/m0/s1. The quantitative estimate of drug-likeness (QED) is 0.450. The fraction of sp³-hybridized carbons (Fsp3) is 0.462. The highest BCUT2D eigenvalue weighted by atomic mass is 28.4. The Morgan fingerprint density at radius 1 is 1.00 bits per heavy atom.